The highest BCUT2D eigenvalue weighted by atomic mass is 35.5. The zero-order valence-corrected chi connectivity index (χ0v) is 29.8. The monoisotopic (exact) mass is 776 g/mol. The third kappa shape index (κ3) is 7.70. The highest BCUT2D eigenvalue weighted by Crippen LogP contribution is 2.47. The fourth-order valence-corrected chi connectivity index (χ4v) is 6.67. The molecule has 276 valence electrons. The molecule has 1 aliphatic rings. The Morgan fingerprint density at radius 1 is 0.741 bits per heavy atom. The van der Waals surface area contributed by atoms with Crippen LogP contribution in [0.3, 0.4) is 0 Å². The first kappa shape index (κ1) is 37.8. The Morgan fingerprint density at radius 3 is 1.61 bits per heavy atom. The van der Waals surface area contributed by atoms with Gasteiger partial charge >= 0.3 is 12.4 Å². The first-order chi connectivity index (χ1) is 25.7. The van der Waals surface area contributed by atoms with Crippen molar-refractivity contribution >= 4 is 64.0 Å². The van der Waals surface area contributed by atoms with Crippen LogP contribution >= 0.6 is 23.2 Å². The topological polar surface area (TPSA) is 143 Å². The van der Waals surface area contributed by atoms with Gasteiger partial charge in [-0.15, -0.1) is 13.2 Å². The summed E-state index contributed by atoms with van der Waals surface area (Å²) < 4.78 is 42.7. The molecule has 0 spiro atoms. The van der Waals surface area contributed by atoms with Gasteiger partial charge in [-0.2, -0.15) is 0 Å². The van der Waals surface area contributed by atoms with E-state index >= 15 is 0 Å². The standard InChI is InChI=1S/C38H29Cl2F3N6O5/c1-21(29-15-17-44-19-31(29)46-33(50)23-3-7-25(39)8-4-23)37(35(52)49(36(53)48-37)27-11-13-28(14-12-27)54-38(41,42)43)22(2)30-16-18-45-20-32(30)47-34(51)24-5-9-26(40)10-6-24/h3-22H,1-2H3,(H,46,50)(H,47,51)(H,48,53). The van der Waals surface area contributed by atoms with Gasteiger partial charge < -0.3 is 20.7 Å². The molecule has 3 aromatic carbocycles. The van der Waals surface area contributed by atoms with Gasteiger partial charge in [0.05, 0.1) is 29.5 Å². The number of hydrogen-bond acceptors (Lipinski definition) is 7. The lowest BCUT2D eigenvalue weighted by Gasteiger charge is -2.39. The van der Waals surface area contributed by atoms with Gasteiger partial charge in [0, 0.05) is 45.4 Å². The maximum Gasteiger partial charge on any atom is 0.573 e. The van der Waals surface area contributed by atoms with E-state index in [1.165, 1.54) is 49.1 Å². The van der Waals surface area contributed by atoms with Crippen LogP contribution in [0.1, 0.15) is 57.5 Å². The molecule has 5 aromatic rings. The molecule has 1 saturated heterocycles. The second-order valence-electron chi connectivity index (χ2n) is 12.3. The van der Waals surface area contributed by atoms with Crippen molar-refractivity contribution in [2.45, 2.75) is 37.6 Å². The average molecular weight is 778 g/mol. The highest BCUT2D eigenvalue weighted by Gasteiger charge is 2.59. The number of imide groups is 1. The van der Waals surface area contributed by atoms with Crippen molar-refractivity contribution < 1.29 is 37.1 Å². The van der Waals surface area contributed by atoms with Crippen molar-refractivity contribution in [2.24, 2.45) is 0 Å². The third-order valence-electron chi connectivity index (χ3n) is 9.12. The number of amides is 5. The maximum absolute atomic E-state index is 15.0. The quantitative estimate of drug-likeness (QED) is 0.121. The van der Waals surface area contributed by atoms with Crippen LogP contribution in [0, 0.1) is 0 Å². The van der Waals surface area contributed by atoms with Gasteiger partial charge in [-0.3, -0.25) is 24.4 Å². The second kappa shape index (κ2) is 15.2. The third-order valence-corrected chi connectivity index (χ3v) is 9.62. The van der Waals surface area contributed by atoms with E-state index in [0.717, 1.165) is 29.2 Å². The predicted octanol–water partition coefficient (Wildman–Crippen LogP) is 8.59. The summed E-state index contributed by atoms with van der Waals surface area (Å²) in [6.07, 6.45) is 0.773. The summed E-state index contributed by atoms with van der Waals surface area (Å²) in [5.74, 6) is -4.18. The first-order valence-electron chi connectivity index (χ1n) is 16.2. The number of aromatic nitrogens is 2. The van der Waals surface area contributed by atoms with E-state index in [-0.39, 0.29) is 28.2 Å². The molecule has 6 rings (SSSR count). The fourth-order valence-electron chi connectivity index (χ4n) is 6.41. The molecule has 11 nitrogen and oxygen atoms in total. The Labute approximate surface area is 316 Å². The second-order valence-corrected chi connectivity index (χ2v) is 13.1. The minimum absolute atomic E-state index is 0.0368. The molecule has 0 bridgehead atoms. The Kier molecular flexibility index (Phi) is 10.6. The smallest absolute Gasteiger partial charge is 0.406 e. The molecular weight excluding hydrogens is 748 g/mol. The molecule has 16 heteroatoms. The number of carbonyl (C=O) groups excluding carboxylic acids is 4. The van der Waals surface area contributed by atoms with Crippen LogP contribution < -0.4 is 25.6 Å². The van der Waals surface area contributed by atoms with Crippen molar-refractivity contribution in [3.05, 3.63) is 142 Å². The fraction of sp³-hybridized carbons (Fsp3) is 0.158. The Bertz CT molecular complexity index is 2110. The molecular formula is C38H29Cl2F3N6O5. The van der Waals surface area contributed by atoms with E-state index in [0.29, 0.717) is 21.2 Å². The number of nitrogens with zero attached hydrogens (tertiary/aromatic N) is 3. The van der Waals surface area contributed by atoms with Gasteiger partial charge in [-0.25, -0.2) is 9.69 Å². The summed E-state index contributed by atoms with van der Waals surface area (Å²) in [5, 5.41) is 9.42. The number of hydrogen-bond donors (Lipinski definition) is 3. The minimum Gasteiger partial charge on any atom is -0.406 e. The number of carbonyl (C=O) groups is 4. The van der Waals surface area contributed by atoms with Crippen LogP contribution in [0.4, 0.5) is 35.0 Å². The highest BCUT2D eigenvalue weighted by molar-refractivity contribution is 6.31. The SMILES string of the molecule is CC(c1ccncc1NC(=O)c1ccc(Cl)cc1)C1(C(C)c2ccncc2NC(=O)c2ccc(Cl)cc2)NC(=O)N(c2ccc(OC(F)(F)F)cc2)C1=O. The number of alkyl halides is 3. The van der Waals surface area contributed by atoms with E-state index < -0.39 is 53.2 Å². The van der Waals surface area contributed by atoms with Crippen molar-refractivity contribution in [2.75, 3.05) is 15.5 Å². The summed E-state index contributed by atoms with van der Waals surface area (Å²) in [6, 6.07) is 19.0. The number of nitrogens with one attached hydrogen (secondary N) is 3. The molecule has 54 heavy (non-hydrogen) atoms. The Morgan fingerprint density at radius 2 is 1.19 bits per heavy atom. The van der Waals surface area contributed by atoms with Crippen LogP contribution in [0.2, 0.25) is 10.0 Å². The zero-order valence-electron chi connectivity index (χ0n) is 28.3. The van der Waals surface area contributed by atoms with Gasteiger partial charge in [0.15, 0.2) is 0 Å². The van der Waals surface area contributed by atoms with Crippen LogP contribution in [0.5, 0.6) is 5.75 Å². The van der Waals surface area contributed by atoms with E-state index in [9.17, 15) is 32.3 Å². The van der Waals surface area contributed by atoms with Crippen LogP contribution in [0.15, 0.2) is 110 Å². The number of halogens is 5. The van der Waals surface area contributed by atoms with Crippen LogP contribution in [-0.2, 0) is 4.79 Å². The number of ether oxygens (including phenoxy) is 1. The number of urea groups is 1. The molecule has 0 saturated carbocycles. The number of benzene rings is 3. The normalized spacial score (nSPS) is 16.7. The summed E-state index contributed by atoms with van der Waals surface area (Å²) in [6.45, 7) is 3.36. The van der Waals surface area contributed by atoms with Crippen LogP contribution in [0.25, 0.3) is 0 Å². The lowest BCUT2D eigenvalue weighted by atomic mass is 9.69. The Hall–Kier alpha value is -5.99. The van der Waals surface area contributed by atoms with Crippen molar-refractivity contribution in [1.82, 2.24) is 15.3 Å². The molecule has 3 heterocycles. The van der Waals surface area contributed by atoms with E-state index in [4.69, 9.17) is 23.2 Å². The largest absolute Gasteiger partial charge is 0.573 e. The molecule has 5 amide bonds. The predicted molar refractivity (Wildman–Crippen MR) is 196 cm³/mol. The number of pyridine rings is 2. The van der Waals surface area contributed by atoms with Crippen LogP contribution in [-0.4, -0.2) is 45.6 Å². The van der Waals surface area contributed by atoms with Gasteiger partial charge in [-0.05, 0) is 96.1 Å². The maximum atomic E-state index is 15.0. The van der Waals surface area contributed by atoms with E-state index in [1.807, 2.05) is 0 Å². The summed E-state index contributed by atoms with van der Waals surface area (Å²) >= 11 is 12.0. The van der Waals surface area contributed by atoms with Gasteiger partial charge in [0.2, 0.25) is 0 Å². The number of rotatable bonds is 10. The Balaban J connectivity index is 1.43. The molecule has 0 aliphatic carbocycles. The lowest BCUT2D eigenvalue weighted by molar-refractivity contribution is -0.274. The lowest BCUT2D eigenvalue weighted by Crippen LogP contribution is -2.55. The number of anilines is 3. The summed E-state index contributed by atoms with van der Waals surface area (Å²) in [4.78, 5) is 64.8. The molecule has 0 radical (unpaired) electrons. The van der Waals surface area contributed by atoms with E-state index in [2.05, 4.69) is 30.7 Å². The minimum atomic E-state index is -4.96. The molecule has 2 atom stereocenters. The van der Waals surface area contributed by atoms with Crippen molar-refractivity contribution in [1.29, 1.82) is 0 Å². The summed E-state index contributed by atoms with van der Waals surface area (Å²) in [5.41, 5.74) is -0.0257. The van der Waals surface area contributed by atoms with Crippen molar-refractivity contribution in [3.63, 3.8) is 0 Å². The average Bonchev–Trinajstić information content (AvgIpc) is 3.41. The molecule has 1 fully saturated rings. The van der Waals surface area contributed by atoms with Crippen molar-refractivity contribution in [3.8, 4) is 5.75 Å². The van der Waals surface area contributed by atoms with Gasteiger partial charge in [0.25, 0.3) is 17.7 Å². The van der Waals surface area contributed by atoms with Gasteiger partial charge in [0.1, 0.15) is 11.3 Å². The zero-order chi connectivity index (χ0) is 38.8. The van der Waals surface area contributed by atoms with E-state index in [1.54, 1.807) is 50.2 Å². The molecule has 3 N–H and O–H groups in total. The first-order valence-corrected chi connectivity index (χ1v) is 17.0. The molecule has 2 unspecified atom stereocenters. The molecule has 1 aliphatic heterocycles. The molecule has 2 aromatic heterocycles. The van der Waals surface area contributed by atoms with Gasteiger partial charge in [-0.1, -0.05) is 37.0 Å². The summed E-state index contributed by atoms with van der Waals surface area (Å²) in [7, 11) is 0.